The van der Waals surface area contributed by atoms with Gasteiger partial charge >= 0.3 is 0 Å². The second-order valence-corrected chi connectivity index (χ2v) is 5.01. The van der Waals surface area contributed by atoms with Crippen molar-refractivity contribution in [2.75, 3.05) is 6.61 Å². The third-order valence-electron chi connectivity index (χ3n) is 3.35. The van der Waals surface area contributed by atoms with Gasteiger partial charge in [-0.2, -0.15) is 0 Å². The van der Waals surface area contributed by atoms with Crippen molar-refractivity contribution in [1.29, 1.82) is 0 Å². The summed E-state index contributed by atoms with van der Waals surface area (Å²) >= 11 is 0. The molecule has 0 fully saturated rings. The predicted molar refractivity (Wildman–Crippen MR) is 79.0 cm³/mol. The molecule has 2 aromatic carbocycles. The molecule has 2 N–H and O–H groups in total. The molecule has 20 heavy (non-hydrogen) atoms. The van der Waals surface area contributed by atoms with E-state index in [4.69, 9.17) is 0 Å². The summed E-state index contributed by atoms with van der Waals surface area (Å²) in [6, 6.07) is 16.5. The minimum absolute atomic E-state index is 0.0195. The van der Waals surface area contributed by atoms with Gasteiger partial charge in [-0.05, 0) is 30.5 Å². The average molecular weight is 273 g/mol. The van der Waals surface area contributed by atoms with Crippen LogP contribution in [0.2, 0.25) is 0 Å². The van der Waals surface area contributed by atoms with Crippen molar-refractivity contribution in [2.24, 2.45) is 0 Å². The highest BCUT2D eigenvalue weighted by atomic mass is 19.1. The van der Waals surface area contributed by atoms with Crippen LogP contribution in [0.1, 0.15) is 24.1 Å². The second-order valence-electron chi connectivity index (χ2n) is 5.01. The van der Waals surface area contributed by atoms with Crippen molar-refractivity contribution in [3.05, 3.63) is 71.5 Å². The number of aliphatic hydroxyl groups excluding tert-OH is 1. The van der Waals surface area contributed by atoms with Gasteiger partial charge in [-0.1, -0.05) is 48.5 Å². The Morgan fingerprint density at radius 1 is 1.05 bits per heavy atom. The minimum Gasteiger partial charge on any atom is -0.394 e. The third-order valence-corrected chi connectivity index (χ3v) is 3.35. The molecule has 0 aliphatic carbocycles. The Labute approximate surface area is 119 Å². The molecule has 2 atom stereocenters. The zero-order valence-corrected chi connectivity index (χ0v) is 11.6. The first-order valence-electron chi connectivity index (χ1n) is 6.86. The smallest absolute Gasteiger partial charge is 0.126 e. The van der Waals surface area contributed by atoms with Gasteiger partial charge in [0.05, 0.1) is 12.6 Å². The van der Waals surface area contributed by atoms with E-state index in [9.17, 15) is 9.50 Å². The van der Waals surface area contributed by atoms with Gasteiger partial charge in [-0.15, -0.1) is 0 Å². The van der Waals surface area contributed by atoms with Crippen LogP contribution in [0.3, 0.4) is 0 Å². The Morgan fingerprint density at radius 3 is 2.35 bits per heavy atom. The monoisotopic (exact) mass is 273 g/mol. The number of rotatable bonds is 6. The number of hydrogen-bond acceptors (Lipinski definition) is 2. The van der Waals surface area contributed by atoms with E-state index in [1.165, 1.54) is 6.07 Å². The van der Waals surface area contributed by atoms with Crippen LogP contribution in [0.15, 0.2) is 54.6 Å². The van der Waals surface area contributed by atoms with Crippen LogP contribution in [0.25, 0.3) is 0 Å². The number of aliphatic hydroxyl groups is 1. The van der Waals surface area contributed by atoms with E-state index < -0.39 is 0 Å². The summed E-state index contributed by atoms with van der Waals surface area (Å²) in [6.45, 7) is 2.02. The van der Waals surface area contributed by atoms with Gasteiger partial charge in [-0.3, -0.25) is 0 Å². The molecule has 0 saturated carbocycles. The standard InChI is InChI=1S/C17H20FNO/c1-13(11-15-9-5-6-10-16(15)18)19-17(12-20)14-7-3-2-4-8-14/h2-10,13,17,19-20H,11-12H2,1H3. The fraction of sp³-hybridized carbons (Fsp3) is 0.294. The molecule has 2 aromatic rings. The van der Waals surface area contributed by atoms with Crippen LogP contribution in [-0.2, 0) is 6.42 Å². The number of hydrogen-bond donors (Lipinski definition) is 2. The van der Waals surface area contributed by atoms with Crippen molar-refractivity contribution in [3.8, 4) is 0 Å². The fourth-order valence-electron chi connectivity index (χ4n) is 2.34. The van der Waals surface area contributed by atoms with Gasteiger partial charge in [0.1, 0.15) is 5.82 Å². The third kappa shape index (κ3) is 3.89. The van der Waals surface area contributed by atoms with E-state index in [1.54, 1.807) is 12.1 Å². The molecule has 3 heteroatoms. The molecule has 106 valence electrons. The topological polar surface area (TPSA) is 32.3 Å². The molecule has 0 heterocycles. The summed E-state index contributed by atoms with van der Waals surface area (Å²) in [5, 5.41) is 12.9. The summed E-state index contributed by atoms with van der Waals surface area (Å²) < 4.78 is 13.6. The van der Waals surface area contributed by atoms with Crippen molar-refractivity contribution in [3.63, 3.8) is 0 Å². The van der Waals surface area contributed by atoms with E-state index in [1.807, 2.05) is 43.3 Å². The summed E-state index contributed by atoms with van der Waals surface area (Å²) in [4.78, 5) is 0. The molecular weight excluding hydrogens is 253 g/mol. The van der Waals surface area contributed by atoms with Gasteiger partial charge in [0.2, 0.25) is 0 Å². The summed E-state index contributed by atoms with van der Waals surface area (Å²) in [6.07, 6.45) is 0.593. The predicted octanol–water partition coefficient (Wildman–Crippen LogP) is 3.08. The van der Waals surface area contributed by atoms with E-state index in [0.717, 1.165) is 5.56 Å². The van der Waals surface area contributed by atoms with Crippen LogP contribution >= 0.6 is 0 Å². The Balaban J connectivity index is 2.00. The number of nitrogens with one attached hydrogen (secondary N) is 1. The normalized spacial score (nSPS) is 13.9. The molecule has 0 aliphatic heterocycles. The van der Waals surface area contributed by atoms with Gasteiger partial charge in [-0.25, -0.2) is 4.39 Å². The molecule has 0 bridgehead atoms. The van der Waals surface area contributed by atoms with Crippen molar-refractivity contribution in [2.45, 2.75) is 25.4 Å². The first-order chi connectivity index (χ1) is 9.70. The maximum absolute atomic E-state index is 13.6. The SMILES string of the molecule is CC(Cc1ccccc1F)NC(CO)c1ccccc1. The fourth-order valence-corrected chi connectivity index (χ4v) is 2.34. The maximum atomic E-state index is 13.6. The first kappa shape index (κ1) is 14.7. The van der Waals surface area contributed by atoms with E-state index in [-0.39, 0.29) is 24.5 Å². The Bertz CT molecular complexity index is 530. The lowest BCUT2D eigenvalue weighted by Gasteiger charge is -2.22. The van der Waals surface area contributed by atoms with E-state index >= 15 is 0 Å². The van der Waals surface area contributed by atoms with Crippen molar-refractivity contribution in [1.82, 2.24) is 5.32 Å². The molecule has 2 unspecified atom stereocenters. The molecule has 2 nitrogen and oxygen atoms in total. The average Bonchev–Trinajstić information content (AvgIpc) is 2.48. The summed E-state index contributed by atoms with van der Waals surface area (Å²) in [5.74, 6) is -0.179. The van der Waals surface area contributed by atoms with Crippen molar-refractivity contribution < 1.29 is 9.50 Å². The highest BCUT2D eigenvalue weighted by molar-refractivity contribution is 5.20. The van der Waals surface area contributed by atoms with Crippen LogP contribution in [0, 0.1) is 5.82 Å². The lowest BCUT2D eigenvalue weighted by atomic mass is 10.0. The first-order valence-corrected chi connectivity index (χ1v) is 6.86. The molecule has 0 saturated heterocycles. The Kier molecular flexibility index (Phi) is 5.27. The lowest BCUT2D eigenvalue weighted by molar-refractivity contribution is 0.234. The van der Waals surface area contributed by atoms with Gasteiger partial charge in [0.15, 0.2) is 0 Å². The molecule has 0 radical (unpaired) electrons. The van der Waals surface area contributed by atoms with Gasteiger partial charge in [0.25, 0.3) is 0 Å². The van der Waals surface area contributed by atoms with E-state index in [2.05, 4.69) is 5.32 Å². The quantitative estimate of drug-likeness (QED) is 0.847. The summed E-state index contributed by atoms with van der Waals surface area (Å²) in [5.41, 5.74) is 1.73. The zero-order valence-electron chi connectivity index (χ0n) is 11.6. The van der Waals surface area contributed by atoms with Crippen LogP contribution in [0.5, 0.6) is 0 Å². The lowest BCUT2D eigenvalue weighted by Crippen LogP contribution is -2.34. The highest BCUT2D eigenvalue weighted by Crippen LogP contribution is 2.15. The number of benzene rings is 2. The van der Waals surface area contributed by atoms with Crippen LogP contribution in [-0.4, -0.2) is 17.8 Å². The molecule has 0 aromatic heterocycles. The summed E-state index contributed by atoms with van der Waals surface area (Å²) in [7, 11) is 0. The molecule has 2 rings (SSSR count). The molecule has 0 aliphatic rings. The maximum Gasteiger partial charge on any atom is 0.126 e. The van der Waals surface area contributed by atoms with E-state index in [0.29, 0.717) is 12.0 Å². The second kappa shape index (κ2) is 7.17. The Hall–Kier alpha value is -1.71. The Morgan fingerprint density at radius 2 is 1.70 bits per heavy atom. The largest absolute Gasteiger partial charge is 0.394 e. The van der Waals surface area contributed by atoms with Crippen molar-refractivity contribution >= 4 is 0 Å². The zero-order chi connectivity index (χ0) is 14.4. The molecular formula is C17H20FNO. The highest BCUT2D eigenvalue weighted by Gasteiger charge is 2.14. The molecule has 0 spiro atoms. The van der Waals surface area contributed by atoms with Gasteiger partial charge < -0.3 is 10.4 Å². The molecule has 0 amide bonds. The minimum atomic E-state index is -0.179. The van der Waals surface area contributed by atoms with Gasteiger partial charge in [0, 0.05) is 6.04 Å². The number of halogens is 1. The van der Waals surface area contributed by atoms with Crippen LogP contribution < -0.4 is 5.32 Å². The van der Waals surface area contributed by atoms with Crippen LogP contribution in [0.4, 0.5) is 4.39 Å².